The largest absolute Gasteiger partial charge is 0.495 e. The van der Waals surface area contributed by atoms with Crippen molar-refractivity contribution in [2.45, 2.75) is 51.0 Å². The van der Waals surface area contributed by atoms with Crippen LogP contribution >= 0.6 is 0 Å². The number of nitrogens with one attached hydrogen (secondary N) is 1. The minimum Gasteiger partial charge on any atom is -0.495 e. The fourth-order valence-electron chi connectivity index (χ4n) is 4.62. The number of methoxy groups -OCH3 is 1. The molecule has 0 saturated heterocycles. The molecule has 2 saturated carbocycles. The van der Waals surface area contributed by atoms with Gasteiger partial charge in [0.25, 0.3) is 0 Å². The molecule has 1 aromatic rings. The van der Waals surface area contributed by atoms with E-state index < -0.39 is 0 Å². The standard InChI is InChI=1S/C18H28N2O/c1-19-17(18-16(21-2)8-5-11-20-18)15-10-9-13-6-3-4-7-14(13)12-15/h5,8,11,13-15,17,19H,3-4,6-7,9-10,12H2,1-2H3. The van der Waals surface area contributed by atoms with Crippen LogP contribution in [0.4, 0.5) is 0 Å². The number of rotatable bonds is 4. The summed E-state index contributed by atoms with van der Waals surface area (Å²) in [5.74, 6) is 3.56. The molecule has 0 bridgehead atoms. The molecule has 4 unspecified atom stereocenters. The van der Waals surface area contributed by atoms with E-state index in [9.17, 15) is 0 Å². The second-order valence-corrected chi connectivity index (χ2v) is 6.73. The van der Waals surface area contributed by atoms with Crippen LogP contribution in [-0.4, -0.2) is 19.1 Å². The topological polar surface area (TPSA) is 34.2 Å². The molecule has 2 aliphatic rings. The molecule has 2 fully saturated rings. The monoisotopic (exact) mass is 288 g/mol. The number of hydrogen-bond acceptors (Lipinski definition) is 3. The fraction of sp³-hybridized carbons (Fsp3) is 0.722. The molecule has 0 radical (unpaired) electrons. The lowest BCUT2D eigenvalue weighted by molar-refractivity contribution is 0.109. The highest BCUT2D eigenvalue weighted by Crippen LogP contribution is 2.46. The van der Waals surface area contributed by atoms with Crippen molar-refractivity contribution < 1.29 is 4.74 Å². The Morgan fingerprint density at radius 1 is 1.19 bits per heavy atom. The maximum absolute atomic E-state index is 5.52. The number of ether oxygens (including phenoxy) is 1. The Morgan fingerprint density at radius 2 is 2.00 bits per heavy atom. The zero-order chi connectivity index (χ0) is 14.7. The Bertz CT molecular complexity index is 462. The summed E-state index contributed by atoms with van der Waals surface area (Å²) in [6.07, 6.45) is 11.8. The predicted molar refractivity (Wildman–Crippen MR) is 85.4 cm³/mol. The van der Waals surface area contributed by atoms with E-state index in [1.807, 2.05) is 18.3 Å². The Morgan fingerprint density at radius 3 is 2.76 bits per heavy atom. The van der Waals surface area contributed by atoms with Gasteiger partial charge in [0.2, 0.25) is 0 Å². The lowest BCUT2D eigenvalue weighted by atomic mass is 9.66. The van der Waals surface area contributed by atoms with Crippen LogP contribution < -0.4 is 10.1 Å². The van der Waals surface area contributed by atoms with Gasteiger partial charge in [-0.3, -0.25) is 4.98 Å². The highest BCUT2D eigenvalue weighted by molar-refractivity contribution is 5.30. The van der Waals surface area contributed by atoms with Crippen LogP contribution in [0.1, 0.15) is 56.7 Å². The quantitative estimate of drug-likeness (QED) is 0.910. The molecule has 21 heavy (non-hydrogen) atoms. The number of nitrogens with zero attached hydrogens (tertiary/aromatic N) is 1. The maximum Gasteiger partial charge on any atom is 0.141 e. The Hall–Kier alpha value is -1.09. The molecule has 0 spiro atoms. The van der Waals surface area contributed by atoms with Gasteiger partial charge in [-0.2, -0.15) is 0 Å². The van der Waals surface area contributed by atoms with Crippen LogP contribution in [0, 0.1) is 17.8 Å². The van der Waals surface area contributed by atoms with E-state index in [1.165, 1.54) is 44.9 Å². The van der Waals surface area contributed by atoms with Crippen molar-refractivity contribution in [1.82, 2.24) is 10.3 Å². The van der Waals surface area contributed by atoms with Crippen LogP contribution in [0.2, 0.25) is 0 Å². The molecular weight excluding hydrogens is 260 g/mol. The molecule has 3 heteroatoms. The first-order valence-corrected chi connectivity index (χ1v) is 8.49. The van der Waals surface area contributed by atoms with E-state index in [2.05, 4.69) is 17.3 Å². The summed E-state index contributed by atoms with van der Waals surface area (Å²) in [4.78, 5) is 4.61. The number of aromatic nitrogens is 1. The lowest BCUT2D eigenvalue weighted by Gasteiger charge is -2.41. The lowest BCUT2D eigenvalue weighted by Crippen LogP contribution is -2.35. The molecule has 0 aliphatic heterocycles. The van der Waals surface area contributed by atoms with Crippen LogP contribution in [0.25, 0.3) is 0 Å². The van der Waals surface area contributed by atoms with E-state index in [0.29, 0.717) is 12.0 Å². The zero-order valence-electron chi connectivity index (χ0n) is 13.3. The van der Waals surface area contributed by atoms with E-state index in [1.54, 1.807) is 7.11 Å². The molecular formula is C18H28N2O. The molecule has 1 heterocycles. The molecule has 0 amide bonds. The highest BCUT2D eigenvalue weighted by atomic mass is 16.5. The van der Waals surface area contributed by atoms with E-state index in [4.69, 9.17) is 4.74 Å². The third kappa shape index (κ3) is 3.08. The number of pyridine rings is 1. The van der Waals surface area contributed by atoms with E-state index in [-0.39, 0.29) is 0 Å². The smallest absolute Gasteiger partial charge is 0.141 e. The van der Waals surface area contributed by atoms with Gasteiger partial charge >= 0.3 is 0 Å². The van der Waals surface area contributed by atoms with Crippen LogP contribution in [0.5, 0.6) is 5.75 Å². The average molecular weight is 288 g/mol. The maximum atomic E-state index is 5.52. The first-order chi connectivity index (χ1) is 10.3. The van der Waals surface area contributed by atoms with Crippen molar-refractivity contribution in [3.63, 3.8) is 0 Å². The second kappa shape index (κ2) is 6.78. The van der Waals surface area contributed by atoms with Crippen molar-refractivity contribution in [2.24, 2.45) is 17.8 Å². The Labute approximate surface area is 128 Å². The first kappa shape index (κ1) is 14.8. The normalized spacial score (nSPS) is 30.5. The third-order valence-electron chi connectivity index (χ3n) is 5.68. The SMILES string of the molecule is CNC(c1ncccc1OC)C1CCC2CCCCC2C1. The van der Waals surface area contributed by atoms with E-state index >= 15 is 0 Å². The van der Waals surface area contributed by atoms with Crippen molar-refractivity contribution in [3.8, 4) is 5.75 Å². The van der Waals surface area contributed by atoms with Gasteiger partial charge < -0.3 is 10.1 Å². The van der Waals surface area contributed by atoms with Gasteiger partial charge in [-0.15, -0.1) is 0 Å². The van der Waals surface area contributed by atoms with Gasteiger partial charge in [0.1, 0.15) is 5.75 Å². The van der Waals surface area contributed by atoms with Crippen molar-refractivity contribution in [2.75, 3.05) is 14.2 Å². The molecule has 2 aliphatic carbocycles. The fourth-order valence-corrected chi connectivity index (χ4v) is 4.62. The average Bonchev–Trinajstić information content (AvgIpc) is 2.56. The molecule has 116 valence electrons. The predicted octanol–water partition coefficient (Wildman–Crippen LogP) is 3.96. The number of hydrogen-bond donors (Lipinski definition) is 1. The van der Waals surface area contributed by atoms with E-state index in [0.717, 1.165) is 23.3 Å². The van der Waals surface area contributed by atoms with Gasteiger partial charge in [-0.05, 0) is 56.2 Å². The van der Waals surface area contributed by atoms with Crippen molar-refractivity contribution in [1.29, 1.82) is 0 Å². The number of fused-ring (bicyclic) bond motifs is 1. The van der Waals surface area contributed by atoms with Gasteiger partial charge in [-0.1, -0.05) is 25.7 Å². The van der Waals surface area contributed by atoms with Crippen LogP contribution in [0.3, 0.4) is 0 Å². The summed E-state index contributed by atoms with van der Waals surface area (Å²) < 4.78 is 5.52. The van der Waals surface area contributed by atoms with Gasteiger partial charge in [-0.25, -0.2) is 0 Å². The molecule has 0 aromatic carbocycles. The van der Waals surface area contributed by atoms with Gasteiger partial charge in [0.05, 0.1) is 18.8 Å². The molecule has 1 aromatic heterocycles. The highest BCUT2D eigenvalue weighted by Gasteiger charge is 2.36. The van der Waals surface area contributed by atoms with Crippen molar-refractivity contribution in [3.05, 3.63) is 24.0 Å². The molecule has 4 atom stereocenters. The Balaban J connectivity index is 1.77. The zero-order valence-corrected chi connectivity index (χ0v) is 13.3. The summed E-state index contributed by atoms with van der Waals surface area (Å²) in [7, 11) is 3.80. The van der Waals surface area contributed by atoms with Crippen LogP contribution in [-0.2, 0) is 0 Å². The Kier molecular flexibility index (Phi) is 4.79. The molecule has 3 nitrogen and oxygen atoms in total. The summed E-state index contributed by atoms with van der Waals surface area (Å²) in [6.45, 7) is 0. The first-order valence-electron chi connectivity index (χ1n) is 8.49. The molecule has 3 rings (SSSR count). The second-order valence-electron chi connectivity index (χ2n) is 6.73. The van der Waals surface area contributed by atoms with Gasteiger partial charge in [0, 0.05) is 6.20 Å². The van der Waals surface area contributed by atoms with Crippen LogP contribution in [0.15, 0.2) is 18.3 Å². The third-order valence-corrected chi connectivity index (χ3v) is 5.68. The summed E-state index contributed by atoms with van der Waals surface area (Å²) in [5, 5.41) is 3.52. The van der Waals surface area contributed by atoms with Gasteiger partial charge in [0.15, 0.2) is 0 Å². The summed E-state index contributed by atoms with van der Waals surface area (Å²) in [6, 6.07) is 4.30. The van der Waals surface area contributed by atoms with Crippen molar-refractivity contribution >= 4 is 0 Å². The summed E-state index contributed by atoms with van der Waals surface area (Å²) in [5.41, 5.74) is 1.08. The minimum absolute atomic E-state index is 0.323. The summed E-state index contributed by atoms with van der Waals surface area (Å²) >= 11 is 0. The molecule has 1 N–H and O–H groups in total. The minimum atomic E-state index is 0.323.